The standard InChI is InChI=1S/C16H18N2O2/c1-3-5-12-6-8-13(9-7-12)14-11-15(16(19)20)18(17-14)10-4-2/h4,6-9,11H,2-3,5,10H2,1H3,(H,19,20). The molecule has 0 atom stereocenters. The number of aromatic nitrogens is 2. The van der Waals surface area contributed by atoms with Crippen molar-refractivity contribution in [1.29, 1.82) is 0 Å². The average molecular weight is 270 g/mol. The molecule has 104 valence electrons. The van der Waals surface area contributed by atoms with Gasteiger partial charge in [-0.3, -0.25) is 4.68 Å². The molecular weight excluding hydrogens is 252 g/mol. The molecule has 0 saturated heterocycles. The van der Waals surface area contributed by atoms with Gasteiger partial charge < -0.3 is 5.11 Å². The quantitative estimate of drug-likeness (QED) is 0.819. The van der Waals surface area contributed by atoms with Gasteiger partial charge in [0.05, 0.1) is 12.2 Å². The molecule has 1 aromatic heterocycles. The summed E-state index contributed by atoms with van der Waals surface area (Å²) in [5, 5.41) is 13.5. The number of carbonyl (C=O) groups is 1. The number of hydrogen-bond acceptors (Lipinski definition) is 2. The Morgan fingerprint density at radius 3 is 2.65 bits per heavy atom. The summed E-state index contributed by atoms with van der Waals surface area (Å²) in [6, 6.07) is 9.69. The topological polar surface area (TPSA) is 55.1 Å². The zero-order valence-corrected chi connectivity index (χ0v) is 11.5. The molecular formula is C16H18N2O2. The first kappa shape index (κ1) is 14.1. The summed E-state index contributed by atoms with van der Waals surface area (Å²) in [5.74, 6) is -0.979. The number of carboxylic acids is 1. The third-order valence-corrected chi connectivity index (χ3v) is 3.09. The molecule has 0 aliphatic rings. The van der Waals surface area contributed by atoms with Gasteiger partial charge in [-0.2, -0.15) is 5.10 Å². The Labute approximate surface area is 118 Å². The van der Waals surface area contributed by atoms with E-state index < -0.39 is 5.97 Å². The molecule has 20 heavy (non-hydrogen) atoms. The van der Waals surface area contributed by atoms with Gasteiger partial charge >= 0.3 is 5.97 Å². The lowest BCUT2D eigenvalue weighted by atomic mass is 10.1. The Morgan fingerprint density at radius 1 is 1.40 bits per heavy atom. The number of rotatable bonds is 6. The van der Waals surface area contributed by atoms with Gasteiger partial charge in [0.2, 0.25) is 0 Å². The fraction of sp³-hybridized carbons (Fsp3) is 0.250. The molecule has 0 bridgehead atoms. The zero-order chi connectivity index (χ0) is 14.5. The summed E-state index contributed by atoms with van der Waals surface area (Å²) >= 11 is 0. The summed E-state index contributed by atoms with van der Waals surface area (Å²) in [4.78, 5) is 11.2. The van der Waals surface area contributed by atoms with Gasteiger partial charge in [-0.05, 0) is 18.1 Å². The number of benzene rings is 1. The van der Waals surface area contributed by atoms with Crippen molar-refractivity contribution in [3.8, 4) is 11.3 Å². The van der Waals surface area contributed by atoms with Crippen LogP contribution in [0.3, 0.4) is 0 Å². The summed E-state index contributed by atoms with van der Waals surface area (Å²) in [7, 11) is 0. The third-order valence-electron chi connectivity index (χ3n) is 3.09. The maximum absolute atomic E-state index is 11.2. The van der Waals surface area contributed by atoms with E-state index in [9.17, 15) is 9.90 Å². The van der Waals surface area contributed by atoms with Crippen LogP contribution in [0.2, 0.25) is 0 Å². The molecule has 1 aromatic carbocycles. The van der Waals surface area contributed by atoms with Gasteiger partial charge in [0, 0.05) is 5.56 Å². The second-order valence-corrected chi connectivity index (χ2v) is 4.64. The van der Waals surface area contributed by atoms with Crippen molar-refractivity contribution in [3.63, 3.8) is 0 Å². The van der Waals surface area contributed by atoms with Crippen LogP contribution in [0.15, 0.2) is 43.0 Å². The van der Waals surface area contributed by atoms with E-state index in [-0.39, 0.29) is 5.69 Å². The fourth-order valence-corrected chi connectivity index (χ4v) is 2.12. The first-order valence-corrected chi connectivity index (χ1v) is 6.67. The molecule has 0 saturated carbocycles. The number of aromatic carboxylic acids is 1. The number of carboxylic acid groups (broad SMARTS) is 1. The van der Waals surface area contributed by atoms with E-state index >= 15 is 0 Å². The molecule has 0 fully saturated rings. The lowest BCUT2D eigenvalue weighted by Gasteiger charge is -2.01. The van der Waals surface area contributed by atoms with Gasteiger partial charge in [-0.1, -0.05) is 43.7 Å². The molecule has 0 amide bonds. The van der Waals surface area contributed by atoms with Crippen LogP contribution in [0.1, 0.15) is 29.4 Å². The number of hydrogen-bond donors (Lipinski definition) is 1. The van der Waals surface area contributed by atoms with Gasteiger partial charge in [0.1, 0.15) is 5.69 Å². The van der Waals surface area contributed by atoms with E-state index in [2.05, 4.69) is 30.7 Å². The Hall–Kier alpha value is -2.36. The summed E-state index contributed by atoms with van der Waals surface area (Å²) < 4.78 is 1.45. The predicted octanol–water partition coefficient (Wildman–Crippen LogP) is 3.39. The molecule has 1 heterocycles. The Morgan fingerprint density at radius 2 is 2.10 bits per heavy atom. The highest BCUT2D eigenvalue weighted by atomic mass is 16.4. The third kappa shape index (κ3) is 2.96. The van der Waals surface area contributed by atoms with Crippen LogP contribution < -0.4 is 0 Å². The lowest BCUT2D eigenvalue weighted by Crippen LogP contribution is -2.08. The molecule has 2 aromatic rings. The van der Waals surface area contributed by atoms with Crippen LogP contribution in [0, 0.1) is 0 Å². The van der Waals surface area contributed by atoms with Crippen molar-refractivity contribution in [2.45, 2.75) is 26.3 Å². The van der Waals surface area contributed by atoms with Crippen LogP contribution in [-0.4, -0.2) is 20.9 Å². The average Bonchev–Trinajstić information content (AvgIpc) is 2.85. The SMILES string of the molecule is C=CCn1nc(-c2ccc(CCC)cc2)cc1C(=O)O. The van der Waals surface area contributed by atoms with E-state index in [0.29, 0.717) is 12.2 Å². The van der Waals surface area contributed by atoms with Gasteiger partial charge in [-0.25, -0.2) is 4.79 Å². The highest BCUT2D eigenvalue weighted by molar-refractivity contribution is 5.87. The van der Waals surface area contributed by atoms with E-state index in [1.54, 1.807) is 12.1 Å². The summed E-state index contributed by atoms with van der Waals surface area (Å²) in [6.07, 6.45) is 3.79. The number of allylic oxidation sites excluding steroid dienone is 1. The maximum Gasteiger partial charge on any atom is 0.354 e. The maximum atomic E-state index is 11.2. The molecule has 0 spiro atoms. The Bertz CT molecular complexity index is 612. The minimum Gasteiger partial charge on any atom is -0.477 e. The van der Waals surface area contributed by atoms with E-state index in [1.165, 1.54) is 10.2 Å². The molecule has 2 rings (SSSR count). The Balaban J connectivity index is 2.34. The van der Waals surface area contributed by atoms with Crippen LogP contribution >= 0.6 is 0 Å². The van der Waals surface area contributed by atoms with E-state index in [1.807, 2.05) is 12.1 Å². The molecule has 0 radical (unpaired) electrons. The van der Waals surface area contributed by atoms with Crippen molar-refractivity contribution in [2.24, 2.45) is 0 Å². The first-order valence-electron chi connectivity index (χ1n) is 6.67. The molecule has 1 N–H and O–H groups in total. The monoisotopic (exact) mass is 270 g/mol. The molecule has 0 aliphatic carbocycles. The largest absolute Gasteiger partial charge is 0.477 e. The smallest absolute Gasteiger partial charge is 0.354 e. The molecule has 4 nitrogen and oxygen atoms in total. The molecule has 0 unspecified atom stereocenters. The first-order chi connectivity index (χ1) is 9.65. The lowest BCUT2D eigenvalue weighted by molar-refractivity contribution is 0.0684. The van der Waals surface area contributed by atoms with Crippen molar-refractivity contribution in [2.75, 3.05) is 0 Å². The van der Waals surface area contributed by atoms with Crippen LogP contribution in [0.5, 0.6) is 0 Å². The van der Waals surface area contributed by atoms with Crippen LogP contribution in [0.4, 0.5) is 0 Å². The number of nitrogens with zero attached hydrogens (tertiary/aromatic N) is 2. The van der Waals surface area contributed by atoms with Crippen LogP contribution in [-0.2, 0) is 13.0 Å². The fourth-order valence-electron chi connectivity index (χ4n) is 2.12. The second kappa shape index (κ2) is 6.19. The van der Waals surface area contributed by atoms with Gasteiger partial charge in [0.25, 0.3) is 0 Å². The molecule has 4 heteroatoms. The summed E-state index contributed by atoms with van der Waals surface area (Å²) in [5.41, 5.74) is 3.06. The minimum absolute atomic E-state index is 0.178. The number of aryl methyl sites for hydroxylation is 1. The van der Waals surface area contributed by atoms with Crippen molar-refractivity contribution >= 4 is 5.97 Å². The highest BCUT2D eigenvalue weighted by Gasteiger charge is 2.14. The summed E-state index contributed by atoms with van der Waals surface area (Å²) in [6.45, 7) is 6.14. The second-order valence-electron chi connectivity index (χ2n) is 4.64. The van der Waals surface area contributed by atoms with Gasteiger partial charge in [0.15, 0.2) is 0 Å². The highest BCUT2D eigenvalue weighted by Crippen LogP contribution is 2.20. The Kier molecular flexibility index (Phi) is 4.35. The van der Waals surface area contributed by atoms with Crippen molar-refractivity contribution in [1.82, 2.24) is 9.78 Å². The van der Waals surface area contributed by atoms with Crippen LogP contribution in [0.25, 0.3) is 11.3 Å². The minimum atomic E-state index is -0.979. The zero-order valence-electron chi connectivity index (χ0n) is 11.5. The van der Waals surface area contributed by atoms with Gasteiger partial charge in [-0.15, -0.1) is 6.58 Å². The van der Waals surface area contributed by atoms with Crippen molar-refractivity contribution in [3.05, 3.63) is 54.2 Å². The predicted molar refractivity (Wildman–Crippen MR) is 78.8 cm³/mol. The van der Waals surface area contributed by atoms with E-state index in [4.69, 9.17) is 0 Å². The normalized spacial score (nSPS) is 10.4. The van der Waals surface area contributed by atoms with E-state index in [0.717, 1.165) is 18.4 Å². The molecule has 0 aliphatic heterocycles. The van der Waals surface area contributed by atoms with Crippen molar-refractivity contribution < 1.29 is 9.90 Å².